The van der Waals surface area contributed by atoms with Crippen LogP contribution in [0.15, 0.2) is 23.1 Å². The van der Waals surface area contributed by atoms with Crippen LogP contribution in [0.25, 0.3) is 0 Å². The molecular weight excluding hydrogens is 240 g/mol. The first kappa shape index (κ1) is 12.2. The van der Waals surface area contributed by atoms with Crippen LogP contribution in [-0.2, 0) is 10.0 Å². The minimum Gasteiger partial charge on any atom is -0.489 e. The summed E-state index contributed by atoms with van der Waals surface area (Å²) < 4.78 is 31.6. The molecule has 17 heavy (non-hydrogen) atoms. The monoisotopic (exact) mass is 256 g/mol. The Morgan fingerprint density at radius 1 is 1.41 bits per heavy atom. The van der Waals surface area contributed by atoms with Crippen molar-refractivity contribution in [2.24, 2.45) is 0 Å². The zero-order chi connectivity index (χ0) is 12.5. The van der Waals surface area contributed by atoms with E-state index in [1.165, 1.54) is 13.1 Å². The van der Waals surface area contributed by atoms with Gasteiger partial charge in [0.15, 0.2) is 0 Å². The maximum absolute atomic E-state index is 11.8. The second kappa shape index (κ2) is 4.54. The lowest BCUT2D eigenvalue weighted by Gasteiger charge is -2.27. The topological polar surface area (TPSA) is 81.4 Å². The van der Waals surface area contributed by atoms with Crippen molar-refractivity contribution in [3.8, 4) is 5.75 Å². The summed E-state index contributed by atoms with van der Waals surface area (Å²) in [5.74, 6) is 0.373. The highest BCUT2D eigenvalue weighted by Gasteiger charge is 2.24. The first-order chi connectivity index (χ1) is 8.03. The SMILES string of the molecule is CNS(=O)(=O)c1cc(N)ccc1OC1CCC1. The van der Waals surface area contributed by atoms with E-state index >= 15 is 0 Å². The van der Waals surface area contributed by atoms with Crippen LogP contribution < -0.4 is 15.2 Å². The van der Waals surface area contributed by atoms with E-state index in [1.54, 1.807) is 12.1 Å². The Morgan fingerprint density at radius 3 is 2.65 bits per heavy atom. The maximum Gasteiger partial charge on any atom is 0.244 e. The van der Waals surface area contributed by atoms with Gasteiger partial charge in [0.25, 0.3) is 0 Å². The molecule has 0 spiro atoms. The van der Waals surface area contributed by atoms with Crippen molar-refractivity contribution in [2.45, 2.75) is 30.3 Å². The van der Waals surface area contributed by atoms with E-state index in [-0.39, 0.29) is 11.0 Å². The number of nitrogen functional groups attached to an aromatic ring is 1. The highest BCUT2D eigenvalue weighted by atomic mass is 32.2. The zero-order valence-corrected chi connectivity index (χ0v) is 10.5. The first-order valence-electron chi connectivity index (χ1n) is 5.52. The summed E-state index contributed by atoms with van der Waals surface area (Å²) in [5, 5.41) is 0. The third-order valence-corrected chi connectivity index (χ3v) is 4.31. The molecule has 1 saturated carbocycles. The van der Waals surface area contributed by atoms with Gasteiger partial charge in [0.2, 0.25) is 10.0 Å². The molecule has 0 bridgehead atoms. The Bertz CT molecular complexity index is 509. The van der Waals surface area contributed by atoms with Gasteiger partial charge in [-0.15, -0.1) is 0 Å². The fourth-order valence-corrected chi connectivity index (χ4v) is 2.50. The zero-order valence-electron chi connectivity index (χ0n) is 9.64. The fraction of sp³-hybridized carbons (Fsp3) is 0.455. The number of hydrogen-bond donors (Lipinski definition) is 2. The number of ether oxygens (including phenoxy) is 1. The van der Waals surface area contributed by atoms with Gasteiger partial charge in [-0.2, -0.15) is 0 Å². The molecule has 1 aliphatic rings. The molecule has 94 valence electrons. The molecule has 0 aromatic heterocycles. The van der Waals surface area contributed by atoms with Crippen molar-refractivity contribution in [3.05, 3.63) is 18.2 Å². The molecule has 0 aliphatic heterocycles. The van der Waals surface area contributed by atoms with E-state index in [9.17, 15) is 8.42 Å². The minimum absolute atomic E-state index is 0.104. The molecule has 1 aliphatic carbocycles. The summed E-state index contributed by atoms with van der Waals surface area (Å²) in [6.07, 6.45) is 3.21. The van der Waals surface area contributed by atoms with Gasteiger partial charge in [-0.25, -0.2) is 13.1 Å². The molecule has 0 amide bonds. The van der Waals surface area contributed by atoms with Crippen molar-refractivity contribution >= 4 is 15.7 Å². The van der Waals surface area contributed by atoms with E-state index in [4.69, 9.17) is 10.5 Å². The van der Waals surface area contributed by atoms with Crippen LogP contribution in [0.1, 0.15) is 19.3 Å². The molecule has 6 heteroatoms. The molecule has 0 saturated heterocycles. The average molecular weight is 256 g/mol. The maximum atomic E-state index is 11.8. The first-order valence-corrected chi connectivity index (χ1v) is 7.01. The Kier molecular flexibility index (Phi) is 3.26. The molecule has 1 fully saturated rings. The standard InChI is InChI=1S/C11H16N2O3S/c1-13-17(14,15)11-7-8(12)5-6-10(11)16-9-3-2-4-9/h5-7,9,13H,2-4,12H2,1H3. The van der Waals surface area contributed by atoms with Gasteiger partial charge in [0, 0.05) is 5.69 Å². The van der Waals surface area contributed by atoms with E-state index < -0.39 is 10.0 Å². The number of rotatable bonds is 4. The number of hydrogen-bond acceptors (Lipinski definition) is 4. The summed E-state index contributed by atoms with van der Waals surface area (Å²) in [4.78, 5) is 0.104. The van der Waals surface area contributed by atoms with Crippen LogP contribution in [-0.4, -0.2) is 21.6 Å². The van der Waals surface area contributed by atoms with Gasteiger partial charge >= 0.3 is 0 Å². The lowest BCUT2D eigenvalue weighted by Crippen LogP contribution is -2.26. The molecule has 5 nitrogen and oxygen atoms in total. The normalized spacial score (nSPS) is 16.5. The number of nitrogens with two attached hydrogens (primary N) is 1. The average Bonchev–Trinajstić information content (AvgIpc) is 2.25. The van der Waals surface area contributed by atoms with Crippen LogP contribution in [0.5, 0.6) is 5.75 Å². The van der Waals surface area contributed by atoms with E-state index in [1.807, 2.05) is 0 Å². The molecule has 0 heterocycles. The van der Waals surface area contributed by atoms with Crippen LogP contribution in [0.2, 0.25) is 0 Å². The smallest absolute Gasteiger partial charge is 0.244 e. The highest BCUT2D eigenvalue weighted by molar-refractivity contribution is 7.89. The number of benzene rings is 1. The van der Waals surface area contributed by atoms with E-state index in [0.29, 0.717) is 11.4 Å². The second-order valence-electron chi connectivity index (χ2n) is 4.08. The number of nitrogens with one attached hydrogen (secondary N) is 1. The lowest BCUT2D eigenvalue weighted by atomic mass is 9.96. The quantitative estimate of drug-likeness (QED) is 0.791. The van der Waals surface area contributed by atoms with Crippen LogP contribution in [0, 0.1) is 0 Å². The summed E-state index contributed by atoms with van der Waals surface area (Å²) >= 11 is 0. The van der Waals surface area contributed by atoms with Gasteiger partial charge in [0.1, 0.15) is 10.6 Å². The van der Waals surface area contributed by atoms with Gasteiger partial charge in [0.05, 0.1) is 6.10 Å². The van der Waals surface area contributed by atoms with Crippen LogP contribution in [0.3, 0.4) is 0 Å². The van der Waals surface area contributed by atoms with Crippen LogP contribution in [0.4, 0.5) is 5.69 Å². The summed E-state index contributed by atoms with van der Waals surface area (Å²) in [5.41, 5.74) is 6.01. The predicted octanol–water partition coefficient (Wildman–Crippen LogP) is 1.11. The van der Waals surface area contributed by atoms with Gasteiger partial charge in [-0.1, -0.05) is 0 Å². The van der Waals surface area contributed by atoms with Gasteiger partial charge < -0.3 is 10.5 Å². The summed E-state index contributed by atoms with van der Waals surface area (Å²) in [6.45, 7) is 0. The molecule has 0 atom stereocenters. The summed E-state index contributed by atoms with van der Waals surface area (Å²) in [7, 11) is -2.17. The van der Waals surface area contributed by atoms with Crippen molar-refractivity contribution in [1.29, 1.82) is 0 Å². The van der Waals surface area contributed by atoms with Gasteiger partial charge in [-0.05, 0) is 44.5 Å². The third-order valence-electron chi connectivity index (χ3n) is 2.87. The Balaban J connectivity index is 2.36. The second-order valence-corrected chi connectivity index (χ2v) is 5.94. The molecule has 3 N–H and O–H groups in total. The third kappa shape index (κ3) is 2.53. The Labute approximate surface area is 101 Å². The summed E-state index contributed by atoms with van der Waals surface area (Å²) in [6, 6.07) is 4.67. The minimum atomic E-state index is -3.54. The Morgan fingerprint density at radius 2 is 2.12 bits per heavy atom. The van der Waals surface area contributed by atoms with Crippen LogP contribution >= 0.6 is 0 Å². The van der Waals surface area contributed by atoms with Crippen molar-refractivity contribution in [2.75, 3.05) is 12.8 Å². The molecule has 0 radical (unpaired) electrons. The van der Waals surface area contributed by atoms with Crippen molar-refractivity contribution in [1.82, 2.24) is 4.72 Å². The highest BCUT2D eigenvalue weighted by Crippen LogP contribution is 2.31. The molecular formula is C11H16N2O3S. The molecule has 1 aromatic rings. The van der Waals surface area contributed by atoms with E-state index in [0.717, 1.165) is 19.3 Å². The molecule has 0 unspecified atom stereocenters. The fourth-order valence-electron chi connectivity index (χ4n) is 1.61. The molecule has 2 rings (SSSR count). The predicted molar refractivity (Wildman–Crippen MR) is 65.4 cm³/mol. The number of anilines is 1. The lowest BCUT2D eigenvalue weighted by molar-refractivity contribution is 0.116. The van der Waals surface area contributed by atoms with Gasteiger partial charge in [-0.3, -0.25) is 0 Å². The number of sulfonamides is 1. The van der Waals surface area contributed by atoms with E-state index in [2.05, 4.69) is 4.72 Å². The molecule has 1 aromatic carbocycles. The van der Waals surface area contributed by atoms with Crippen molar-refractivity contribution < 1.29 is 13.2 Å². The Hall–Kier alpha value is -1.27. The largest absolute Gasteiger partial charge is 0.489 e. The van der Waals surface area contributed by atoms with Crippen molar-refractivity contribution in [3.63, 3.8) is 0 Å².